The second-order valence-electron chi connectivity index (χ2n) is 7.61. The Morgan fingerprint density at radius 2 is 1.88 bits per heavy atom. The first-order valence-corrected chi connectivity index (χ1v) is 9.12. The number of benzene rings is 1. The molecule has 3 rings (SSSR count). The lowest BCUT2D eigenvalue weighted by atomic mass is 9.71. The van der Waals surface area contributed by atoms with E-state index < -0.39 is 0 Å². The molecule has 136 valence electrons. The van der Waals surface area contributed by atoms with Crippen LogP contribution in [0, 0.1) is 17.3 Å². The van der Waals surface area contributed by atoms with Crippen LogP contribution >= 0.6 is 0 Å². The number of methoxy groups -OCH3 is 1. The normalized spacial score (nSPS) is 22.9. The summed E-state index contributed by atoms with van der Waals surface area (Å²) in [5.41, 5.74) is 0.850. The smallest absolute Gasteiger partial charge is 0.233 e. The van der Waals surface area contributed by atoms with Crippen molar-refractivity contribution in [2.24, 2.45) is 17.3 Å². The van der Waals surface area contributed by atoms with Crippen LogP contribution in [0.1, 0.15) is 26.7 Å². The Morgan fingerprint density at radius 1 is 1.24 bits per heavy atom. The molecule has 5 nitrogen and oxygen atoms in total. The molecule has 0 N–H and O–H groups in total. The maximum absolute atomic E-state index is 13.1. The van der Waals surface area contributed by atoms with Gasteiger partial charge in [0, 0.05) is 43.8 Å². The third-order valence-electron chi connectivity index (χ3n) is 5.74. The average molecular weight is 344 g/mol. The van der Waals surface area contributed by atoms with Crippen LogP contribution in [0.25, 0.3) is 0 Å². The fourth-order valence-corrected chi connectivity index (χ4v) is 4.24. The number of anilines is 1. The van der Waals surface area contributed by atoms with Crippen LogP contribution in [-0.4, -0.2) is 50.1 Å². The van der Waals surface area contributed by atoms with Gasteiger partial charge in [-0.25, -0.2) is 0 Å². The SMILES string of the molecule is COC[C@@H]1C(=O)N(c2ccccc2)CC12CCN(C(=O)C(C)C)CC2. The number of nitrogens with zero attached hydrogens (tertiary/aromatic N) is 2. The summed E-state index contributed by atoms with van der Waals surface area (Å²) in [6.45, 7) is 6.50. The fraction of sp³-hybridized carbons (Fsp3) is 0.600. The summed E-state index contributed by atoms with van der Waals surface area (Å²) in [5.74, 6) is 0.253. The van der Waals surface area contributed by atoms with Crippen molar-refractivity contribution < 1.29 is 14.3 Å². The van der Waals surface area contributed by atoms with Gasteiger partial charge in [0.15, 0.2) is 0 Å². The second kappa shape index (κ2) is 7.16. The Morgan fingerprint density at radius 3 is 2.44 bits per heavy atom. The second-order valence-corrected chi connectivity index (χ2v) is 7.61. The standard InChI is InChI=1S/C20H28N2O3/c1-15(2)18(23)21-11-9-20(10-12-21)14-22(16-7-5-4-6-8-16)19(24)17(20)13-25-3/h4-8,15,17H,9-14H2,1-3H3/t17-/m1/s1. The van der Waals surface area contributed by atoms with E-state index in [1.165, 1.54) is 0 Å². The summed E-state index contributed by atoms with van der Waals surface area (Å²) in [5, 5.41) is 0. The van der Waals surface area contributed by atoms with Crippen molar-refractivity contribution in [3.63, 3.8) is 0 Å². The molecule has 2 aliphatic rings. The molecule has 0 radical (unpaired) electrons. The molecular formula is C20H28N2O3. The third kappa shape index (κ3) is 3.30. The fourth-order valence-electron chi connectivity index (χ4n) is 4.24. The molecule has 2 amide bonds. The number of likely N-dealkylation sites (tertiary alicyclic amines) is 1. The van der Waals surface area contributed by atoms with Gasteiger partial charge in [0.1, 0.15) is 0 Å². The zero-order valence-corrected chi connectivity index (χ0v) is 15.4. The Kier molecular flexibility index (Phi) is 5.13. The number of ether oxygens (including phenoxy) is 1. The van der Waals surface area contributed by atoms with Crippen LogP contribution in [0.3, 0.4) is 0 Å². The number of carbonyl (C=O) groups excluding carboxylic acids is 2. The van der Waals surface area contributed by atoms with E-state index in [1.54, 1.807) is 7.11 Å². The molecule has 1 atom stereocenters. The van der Waals surface area contributed by atoms with Gasteiger partial charge in [0.05, 0.1) is 12.5 Å². The highest BCUT2D eigenvalue weighted by atomic mass is 16.5. The quantitative estimate of drug-likeness (QED) is 0.843. The molecule has 0 saturated carbocycles. The Bertz CT molecular complexity index is 621. The monoisotopic (exact) mass is 344 g/mol. The molecule has 2 saturated heterocycles. The molecule has 0 unspecified atom stereocenters. The maximum Gasteiger partial charge on any atom is 0.233 e. The van der Waals surface area contributed by atoms with E-state index in [0.717, 1.165) is 31.6 Å². The van der Waals surface area contributed by atoms with Crippen molar-refractivity contribution >= 4 is 17.5 Å². The summed E-state index contributed by atoms with van der Waals surface area (Å²) < 4.78 is 5.39. The molecule has 1 spiro atoms. The molecule has 2 heterocycles. The Labute approximate surface area is 149 Å². The van der Waals surface area contributed by atoms with Crippen LogP contribution in [0.4, 0.5) is 5.69 Å². The Balaban J connectivity index is 1.80. The molecule has 0 bridgehead atoms. The van der Waals surface area contributed by atoms with E-state index >= 15 is 0 Å². The molecule has 0 aliphatic carbocycles. The molecular weight excluding hydrogens is 316 g/mol. The van der Waals surface area contributed by atoms with E-state index in [1.807, 2.05) is 54.0 Å². The zero-order valence-electron chi connectivity index (χ0n) is 15.4. The van der Waals surface area contributed by atoms with Crippen molar-refractivity contribution in [1.29, 1.82) is 0 Å². The van der Waals surface area contributed by atoms with Gasteiger partial charge in [0.25, 0.3) is 0 Å². The van der Waals surface area contributed by atoms with Crippen LogP contribution < -0.4 is 4.90 Å². The molecule has 5 heteroatoms. The van der Waals surface area contributed by atoms with Crippen LogP contribution in [-0.2, 0) is 14.3 Å². The minimum atomic E-state index is -0.131. The molecule has 1 aromatic rings. The molecule has 0 aromatic heterocycles. The van der Waals surface area contributed by atoms with E-state index in [2.05, 4.69) is 0 Å². The van der Waals surface area contributed by atoms with Gasteiger partial charge >= 0.3 is 0 Å². The zero-order chi connectivity index (χ0) is 18.0. The van der Waals surface area contributed by atoms with Crippen molar-refractivity contribution in [2.75, 3.05) is 38.3 Å². The first-order valence-electron chi connectivity index (χ1n) is 9.12. The summed E-state index contributed by atoms with van der Waals surface area (Å²) in [4.78, 5) is 29.2. The number of para-hydroxylation sites is 1. The van der Waals surface area contributed by atoms with E-state index in [-0.39, 0.29) is 29.1 Å². The number of piperidine rings is 1. The van der Waals surface area contributed by atoms with Gasteiger partial charge in [-0.2, -0.15) is 0 Å². The molecule has 1 aromatic carbocycles. The minimum absolute atomic E-state index is 0.0230. The lowest BCUT2D eigenvalue weighted by Gasteiger charge is -2.42. The topological polar surface area (TPSA) is 49.9 Å². The number of hydrogen-bond donors (Lipinski definition) is 0. The van der Waals surface area contributed by atoms with E-state index in [4.69, 9.17) is 4.74 Å². The van der Waals surface area contributed by atoms with E-state index in [0.29, 0.717) is 13.2 Å². The lowest BCUT2D eigenvalue weighted by Crippen LogP contribution is -2.48. The van der Waals surface area contributed by atoms with Crippen LogP contribution in [0.2, 0.25) is 0 Å². The highest BCUT2D eigenvalue weighted by Crippen LogP contribution is 2.46. The average Bonchev–Trinajstić information content (AvgIpc) is 2.89. The van der Waals surface area contributed by atoms with Gasteiger partial charge in [-0.15, -0.1) is 0 Å². The predicted molar refractivity (Wildman–Crippen MR) is 97.2 cm³/mol. The molecule has 2 aliphatic heterocycles. The first kappa shape index (κ1) is 17.9. The molecule has 2 fully saturated rings. The largest absolute Gasteiger partial charge is 0.384 e. The van der Waals surface area contributed by atoms with Crippen molar-refractivity contribution in [1.82, 2.24) is 4.90 Å². The highest BCUT2D eigenvalue weighted by Gasteiger charge is 2.53. The minimum Gasteiger partial charge on any atom is -0.384 e. The predicted octanol–water partition coefficient (Wildman–Crippen LogP) is 2.56. The maximum atomic E-state index is 13.1. The lowest BCUT2D eigenvalue weighted by molar-refractivity contribution is -0.137. The number of hydrogen-bond acceptors (Lipinski definition) is 3. The highest BCUT2D eigenvalue weighted by molar-refractivity contribution is 5.98. The van der Waals surface area contributed by atoms with Crippen LogP contribution in [0.15, 0.2) is 30.3 Å². The van der Waals surface area contributed by atoms with Crippen molar-refractivity contribution in [3.8, 4) is 0 Å². The van der Waals surface area contributed by atoms with Gasteiger partial charge in [0.2, 0.25) is 11.8 Å². The summed E-state index contributed by atoms with van der Waals surface area (Å²) >= 11 is 0. The first-order chi connectivity index (χ1) is 12.0. The van der Waals surface area contributed by atoms with E-state index in [9.17, 15) is 9.59 Å². The molecule has 25 heavy (non-hydrogen) atoms. The van der Waals surface area contributed by atoms with Gasteiger partial charge < -0.3 is 14.5 Å². The Hall–Kier alpha value is -1.88. The van der Waals surface area contributed by atoms with Gasteiger partial charge in [-0.3, -0.25) is 9.59 Å². The van der Waals surface area contributed by atoms with Gasteiger partial charge in [-0.05, 0) is 25.0 Å². The van der Waals surface area contributed by atoms with Crippen LogP contribution in [0.5, 0.6) is 0 Å². The summed E-state index contributed by atoms with van der Waals surface area (Å²) in [6, 6.07) is 9.85. The van der Waals surface area contributed by atoms with Crippen molar-refractivity contribution in [3.05, 3.63) is 30.3 Å². The number of rotatable bonds is 4. The third-order valence-corrected chi connectivity index (χ3v) is 5.74. The van der Waals surface area contributed by atoms with Crippen molar-refractivity contribution in [2.45, 2.75) is 26.7 Å². The number of carbonyl (C=O) groups is 2. The summed E-state index contributed by atoms with van der Waals surface area (Å²) in [6.07, 6.45) is 1.71. The summed E-state index contributed by atoms with van der Waals surface area (Å²) in [7, 11) is 1.66. The van der Waals surface area contributed by atoms with Gasteiger partial charge in [-0.1, -0.05) is 32.0 Å². The number of amides is 2.